The summed E-state index contributed by atoms with van der Waals surface area (Å²) in [5, 5.41) is 25.7. The van der Waals surface area contributed by atoms with Crippen LogP contribution in [-0.4, -0.2) is 74.0 Å². The van der Waals surface area contributed by atoms with Gasteiger partial charge >= 0.3 is 11.9 Å². The van der Waals surface area contributed by atoms with E-state index in [1.54, 1.807) is 30.3 Å². The fraction of sp³-hybridized carbons (Fsp3) is 0.440. The minimum atomic E-state index is -1.71. The highest BCUT2D eigenvalue weighted by atomic mass is 16.4. The van der Waals surface area contributed by atoms with Crippen LogP contribution in [0.3, 0.4) is 0 Å². The fourth-order valence-corrected chi connectivity index (χ4v) is 3.70. The van der Waals surface area contributed by atoms with Gasteiger partial charge in [-0.1, -0.05) is 44.2 Å². The molecule has 2 aromatic rings. The van der Waals surface area contributed by atoms with Crippen molar-refractivity contribution in [1.82, 2.24) is 25.9 Å². The molecular weight excluding hydrogens is 496 g/mol. The number of hydrogen-bond acceptors (Lipinski definition) is 7. The number of H-pyrrole nitrogens is 1. The predicted octanol–water partition coefficient (Wildman–Crippen LogP) is -0.418. The number of carboxylic acids is 2. The molecule has 13 nitrogen and oxygen atoms in total. The highest BCUT2D eigenvalue weighted by Crippen LogP contribution is 2.08. The highest BCUT2D eigenvalue weighted by Gasteiger charge is 2.31. The molecular formula is C25H34N6O7. The molecule has 206 valence electrons. The third-order valence-electron chi connectivity index (χ3n) is 5.58. The summed E-state index contributed by atoms with van der Waals surface area (Å²) in [4.78, 5) is 68.3. The van der Waals surface area contributed by atoms with E-state index >= 15 is 0 Å². The Morgan fingerprint density at radius 3 is 2.00 bits per heavy atom. The average molecular weight is 531 g/mol. The van der Waals surface area contributed by atoms with Crippen molar-refractivity contribution in [2.45, 2.75) is 63.7 Å². The zero-order chi connectivity index (χ0) is 28.2. The van der Waals surface area contributed by atoms with Gasteiger partial charge in [0.05, 0.1) is 18.8 Å². The van der Waals surface area contributed by atoms with Crippen LogP contribution in [0.25, 0.3) is 0 Å². The van der Waals surface area contributed by atoms with Crippen molar-refractivity contribution in [2.24, 2.45) is 11.7 Å². The number of aromatic amines is 1. The Balaban J connectivity index is 2.27. The number of aromatic nitrogens is 2. The first-order valence-corrected chi connectivity index (χ1v) is 12.1. The number of rotatable bonds is 15. The van der Waals surface area contributed by atoms with E-state index < -0.39 is 60.2 Å². The second-order valence-electron chi connectivity index (χ2n) is 9.33. The molecule has 38 heavy (non-hydrogen) atoms. The highest BCUT2D eigenvalue weighted by molar-refractivity contribution is 5.94. The summed E-state index contributed by atoms with van der Waals surface area (Å²) >= 11 is 0. The quantitative estimate of drug-likeness (QED) is 0.159. The predicted molar refractivity (Wildman–Crippen MR) is 136 cm³/mol. The van der Waals surface area contributed by atoms with E-state index in [-0.39, 0.29) is 18.8 Å². The fourth-order valence-electron chi connectivity index (χ4n) is 3.70. The zero-order valence-electron chi connectivity index (χ0n) is 21.2. The summed E-state index contributed by atoms with van der Waals surface area (Å²) < 4.78 is 0. The van der Waals surface area contributed by atoms with Crippen molar-refractivity contribution in [3.05, 3.63) is 54.1 Å². The molecule has 1 heterocycles. The number of carbonyl (C=O) groups is 5. The number of imidazole rings is 1. The number of aliphatic carboxylic acids is 2. The molecule has 0 bridgehead atoms. The summed E-state index contributed by atoms with van der Waals surface area (Å²) in [7, 11) is 0. The van der Waals surface area contributed by atoms with Crippen molar-refractivity contribution in [1.29, 1.82) is 0 Å². The maximum absolute atomic E-state index is 13.4. The van der Waals surface area contributed by atoms with Gasteiger partial charge in [-0.2, -0.15) is 0 Å². The Kier molecular flexibility index (Phi) is 11.4. The van der Waals surface area contributed by atoms with Crippen molar-refractivity contribution in [2.75, 3.05) is 0 Å². The molecule has 0 aliphatic heterocycles. The zero-order valence-corrected chi connectivity index (χ0v) is 21.2. The molecule has 0 aliphatic carbocycles. The molecule has 0 fully saturated rings. The minimum absolute atomic E-state index is 0.0992. The van der Waals surface area contributed by atoms with Gasteiger partial charge in [0.1, 0.15) is 18.1 Å². The van der Waals surface area contributed by atoms with E-state index in [2.05, 4.69) is 25.9 Å². The van der Waals surface area contributed by atoms with E-state index in [1.807, 2.05) is 13.8 Å². The summed E-state index contributed by atoms with van der Waals surface area (Å²) in [6.45, 7) is 3.82. The lowest BCUT2D eigenvalue weighted by Gasteiger charge is -2.25. The third kappa shape index (κ3) is 10.0. The van der Waals surface area contributed by atoms with Crippen LogP contribution in [0.1, 0.15) is 37.9 Å². The minimum Gasteiger partial charge on any atom is -0.481 e. The van der Waals surface area contributed by atoms with Crippen LogP contribution in [0.5, 0.6) is 0 Å². The number of carboxylic acid groups (broad SMARTS) is 2. The number of carbonyl (C=O) groups excluding carboxylic acids is 3. The van der Waals surface area contributed by atoms with E-state index in [0.29, 0.717) is 12.1 Å². The molecule has 0 saturated heterocycles. The van der Waals surface area contributed by atoms with Crippen molar-refractivity contribution < 1.29 is 34.2 Å². The lowest BCUT2D eigenvalue weighted by Crippen LogP contribution is -2.58. The van der Waals surface area contributed by atoms with E-state index in [9.17, 15) is 29.1 Å². The van der Waals surface area contributed by atoms with Crippen LogP contribution in [0.2, 0.25) is 0 Å². The van der Waals surface area contributed by atoms with Crippen LogP contribution < -0.4 is 21.7 Å². The van der Waals surface area contributed by atoms with Crippen LogP contribution in [0.15, 0.2) is 42.9 Å². The largest absolute Gasteiger partial charge is 0.481 e. The third-order valence-corrected chi connectivity index (χ3v) is 5.58. The van der Waals surface area contributed by atoms with Gasteiger partial charge in [0.25, 0.3) is 0 Å². The first-order chi connectivity index (χ1) is 18.0. The molecule has 1 aromatic heterocycles. The SMILES string of the molecule is CC(C)CC(N)C(=O)NC(Cc1ccccc1)C(=O)NC(Cc1cnc[nH]1)C(=O)NC(CC(=O)O)C(=O)O. The number of nitrogens with two attached hydrogens (primary N) is 1. The Morgan fingerprint density at radius 1 is 0.895 bits per heavy atom. The number of benzene rings is 1. The summed E-state index contributed by atoms with van der Waals surface area (Å²) in [6, 6.07) is 3.94. The summed E-state index contributed by atoms with van der Waals surface area (Å²) in [5.74, 6) is -4.97. The first kappa shape index (κ1) is 30.0. The Morgan fingerprint density at radius 2 is 1.47 bits per heavy atom. The standard InChI is InChI=1S/C25H34N6O7/c1-14(2)8-17(26)22(34)29-18(9-15-6-4-3-5-7-15)23(35)30-19(10-16-12-27-13-28-16)24(36)31-20(25(37)38)11-21(32)33/h3-7,12-14,17-20H,8-11,26H2,1-2H3,(H,27,28)(H,29,34)(H,30,35)(H,31,36)(H,32,33)(H,37,38). The van der Waals surface area contributed by atoms with E-state index in [0.717, 1.165) is 5.56 Å². The van der Waals surface area contributed by atoms with Gasteiger partial charge in [-0.25, -0.2) is 9.78 Å². The molecule has 0 radical (unpaired) electrons. The molecule has 3 amide bonds. The molecule has 4 atom stereocenters. The number of hydrogen-bond donors (Lipinski definition) is 7. The molecule has 0 spiro atoms. The van der Waals surface area contributed by atoms with Crippen LogP contribution in [-0.2, 0) is 36.8 Å². The second kappa shape index (κ2) is 14.5. The maximum Gasteiger partial charge on any atom is 0.326 e. The van der Waals surface area contributed by atoms with Gasteiger partial charge < -0.3 is 36.9 Å². The Labute approximate surface area is 219 Å². The Hall–Kier alpha value is -4.26. The lowest BCUT2D eigenvalue weighted by atomic mass is 10.0. The molecule has 0 saturated carbocycles. The maximum atomic E-state index is 13.4. The summed E-state index contributed by atoms with van der Waals surface area (Å²) in [5.41, 5.74) is 7.20. The summed E-state index contributed by atoms with van der Waals surface area (Å²) in [6.07, 6.45) is 2.33. The van der Waals surface area contributed by atoms with E-state index in [4.69, 9.17) is 10.8 Å². The number of nitrogens with zero attached hydrogens (tertiary/aromatic N) is 1. The first-order valence-electron chi connectivity index (χ1n) is 12.1. The molecule has 1 aromatic carbocycles. The second-order valence-corrected chi connectivity index (χ2v) is 9.33. The topological polar surface area (TPSA) is 217 Å². The van der Waals surface area contributed by atoms with Gasteiger partial charge in [-0.15, -0.1) is 0 Å². The van der Waals surface area contributed by atoms with Gasteiger partial charge in [0.15, 0.2) is 0 Å². The van der Waals surface area contributed by atoms with Gasteiger partial charge in [-0.3, -0.25) is 19.2 Å². The van der Waals surface area contributed by atoms with Crippen LogP contribution in [0.4, 0.5) is 0 Å². The van der Waals surface area contributed by atoms with Gasteiger partial charge in [0.2, 0.25) is 17.7 Å². The number of nitrogens with one attached hydrogen (secondary N) is 4. The van der Waals surface area contributed by atoms with Gasteiger partial charge in [-0.05, 0) is 17.9 Å². The normalized spacial score (nSPS) is 14.1. The van der Waals surface area contributed by atoms with Crippen LogP contribution in [0, 0.1) is 5.92 Å². The molecule has 2 rings (SSSR count). The van der Waals surface area contributed by atoms with Gasteiger partial charge in [0, 0.05) is 24.7 Å². The monoisotopic (exact) mass is 530 g/mol. The number of amides is 3. The van der Waals surface area contributed by atoms with Crippen molar-refractivity contribution in [3.8, 4) is 0 Å². The average Bonchev–Trinajstić information content (AvgIpc) is 3.35. The lowest BCUT2D eigenvalue weighted by molar-refractivity contribution is -0.147. The molecule has 0 aliphatic rings. The smallest absolute Gasteiger partial charge is 0.326 e. The molecule has 13 heteroatoms. The molecule has 8 N–H and O–H groups in total. The van der Waals surface area contributed by atoms with Crippen LogP contribution >= 0.6 is 0 Å². The van der Waals surface area contributed by atoms with Crippen molar-refractivity contribution >= 4 is 29.7 Å². The van der Waals surface area contributed by atoms with Crippen molar-refractivity contribution in [3.63, 3.8) is 0 Å². The van der Waals surface area contributed by atoms with E-state index in [1.165, 1.54) is 12.5 Å². The molecule has 4 unspecified atom stereocenters. The Bertz CT molecular complexity index is 1090.